The predicted octanol–water partition coefficient (Wildman–Crippen LogP) is 3.41. The number of aromatic nitrogens is 4. The molecule has 0 radical (unpaired) electrons. The van der Waals surface area contributed by atoms with Crippen molar-refractivity contribution >= 4 is 34.4 Å². The highest BCUT2D eigenvalue weighted by Crippen LogP contribution is 2.38. The average Bonchev–Trinajstić information content (AvgIpc) is 2.93. The van der Waals surface area contributed by atoms with Gasteiger partial charge in [0.05, 0.1) is 12.4 Å². The molecule has 0 aliphatic carbocycles. The van der Waals surface area contributed by atoms with Crippen LogP contribution in [-0.2, 0) is 4.74 Å². The van der Waals surface area contributed by atoms with Gasteiger partial charge in [-0.15, -0.1) is 0 Å². The maximum Gasteiger partial charge on any atom is 0.225 e. The summed E-state index contributed by atoms with van der Waals surface area (Å²) < 4.78 is 21.7. The highest BCUT2D eigenvalue weighted by Gasteiger charge is 2.43. The second-order valence-electron chi connectivity index (χ2n) is 4.88. The van der Waals surface area contributed by atoms with Crippen molar-refractivity contribution in [3.8, 4) is 0 Å². The van der Waals surface area contributed by atoms with Crippen molar-refractivity contribution in [1.29, 1.82) is 0 Å². The van der Waals surface area contributed by atoms with Crippen LogP contribution < -0.4 is 0 Å². The lowest BCUT2D eigenvalue weighted by atomic mass is 10.00. The minimum atomic E-state index is -1.13. The number of rotatable bonds is 2. The quantitative estimate of drug-likeness (QED) is 0.629. The van der Waals surface area contributed by atoms with Crippen molar-refractivity contribution in [2.45, 2.75) is 38.8 Å². The molecule has 3 heterocycles. The molecule has 0 amide bonds. The molecule has 8 heteroatoms. The topological polar surface area (TPSA) is 52.8 Å². The van der Waals surface area contributed by atoms with Crippen molar-refractivity contribution in [2.24, 2.45) is 5.92 Å². The van der Waals surface area contributed by atoms with Crippen LogP contribution in [0.4, 0.5) is 4.39 Å². The van der Waals surface area contributed by atoms with E-state index in [-0.39, 0.29) is 22.5 Å². The van der Waals surface area contributed by atoms with Gasteiger partial charge in [0, 0.05) is 5.92 Å². The van der Waals surface area contributed by atoms with Crippen molar-refractivity contribution in [1.82, 2.24) is 19.5 Å². The molecule has 20 heavy (non-hydrogen) atoms. The van der Waals surface area contributed by atoms with Gasteiger partial charge in [0.2, 0.25) is 5.28 Å². The Morgan fingerprint density at radius 2 is 2.15 bits per heavy atom. The summed E-state index contributed by atoms with van der Waals surface area (Å²) in [4.78, 5) is 12.0. The van der Waals surface area contributed by atoms with Gasteiger partial charge in [-0.25, -0.2) is 14.4 Å². The molecule has 1 fully saturated rings. The van der Waals surface area contributed by atoms with E-state index in [0.29, 0.717) is 11.2 Å². The third-order valence-electron chi connectivity index (χ3n) is 3.70. The summed E-state index contributed by atoms with van der Waals surface area (Å²) >= 11 is 11.8. The smallest absolute Gasteiger partial charge is 0.225 e. The van der Waals surface area contributed by atoms with Gasteiger partial charge in [0.15, 0.2) is 23.2 Å². The third-order valence-corrected chi connectivity index (χ3v) is 4.14. The molecule has 0 unspecified atom stereocenters. The van der Waals surface area contributed by atoms with E-state index in [9.17, 15) is 4.39 Å². The number of nitrogens with zero attached hydrogens (tertiary/aromatic N) is 4. The molecular weight excluding hydrogens is 306 g/mol. The van der Waals surface area contributed by atoms with E-state index in [2.05, 4.69) is 15.0 Å². The van der Waals surface area contributed by atoms with E-state index in [1.807, 2.05) is 13.8 Å². The molecule has 2 aromatic rings. The van der Waals surface area contributed by atoms with Crippen LogP contribution in [0.25, 0.3) is 11.2 Å². The Labute approximate surface area is 125 Å². The van der Waals surface area contributed by atoms with Crippen LogP contribution in [0.1, 0.15) is 26.5 Å². The maximum atomic E-state index is 14.4. The first kappa shape index (κ1) is 14.0. The molecule has 0 aromatic carbocycles. The lowest BCUT2D eigenvalue weighted by Gasteiger charge is -2.15. The lowest BCUT2D eigenvalue weighted by Crippen LogP contribution is -2.19. The molecule has 4 atom stereocenters. The summed E-state index contributed by atoms with van der Waals surface area (Å²) in [5.41, 5.74) is 0.770. The van der Waals surface area contributed by atoms with E-state index in [4.69, 9.17) is 27.9 Å². The van der Waals surface area contributed by atoms with Crippen molar-refractivity contribution in [3.63, 3.8) is 0 Å². The Bertz CT molecular complexity index is 650. The van der Waals surface area contributed by atoms with Crippen LogP contribution in [0, 0.1) is 5.92 Å². The fraction of sp³-hybridized carbons (Fsp3) is 0.583. The van der Waals surface area contributed by atoms with Crippen LogP contribution in [0.3, 0.4) is 0 Å². The lowest BCUT2D eigenvalue weighted by molar-refractivity contribution is -0.0186. The van der Waals surface area contributed by atoms with E-state index < -0.39 is 12.4 Å². The van der Waals surface area contributed by atoms with Gasteiger partial charge in [-0.1, -0.05) is 25.4 Å². The number of ether oxygens (including phenoxy) is 1. The summed E-state index contributed by atoms with van der Waals surface area (Å²) in [7, 11) is 0. The SMILES string of the molecule is CC[C@H]1O[C@@H](n2cnc3c(Cl)nc(Cl)nc32)[C@@H](F)[C@@H]1C. The average molecular weight is 319 g/mol. The molecule has 0 N–H and O–H groups in total. The molecule has 1 aliphatic rings. The van der Waals surface area contributed by atoms with E-state index in [1.165, 1.54) is 10.9 Å². The maximum absolute atomic E-state index is 14.4. The first-order valence-corrected chi connectivity index (χ1v) is 7.13. The molecular formula is C12H13Cl2FN4O. The van der Waals surface area contributed by atoms with Crippen LogP contribution in [0.5, 0.6) is 0 Å². The molecule has 2 aromatic heterocycles. The molecule has 5 nitrogen and oxygen atoms in total. The number of fused-ring (bicyclic) bond motifs is 1. The van der Waals surface area contributed by atoms with E-state index >= 15 is 0 Å². The zero-order chi connectivity index (χ0) is 14.4. The second kappa shape index (κ2) is 5.09. The number of hydrogen-bond donors (Lipinski definition) is 0. The minimum absolute atomic E-state index is 0.00209. The van der Waals surface area contributed by atoms with Crippen molar-refractivity contribution in [3.05, 3.63) is 16.8 Å². The van der Waals surface area contributed by atoms with Gasteiger partial charge in [0.25, 0.3) is 0 Å². The first-order valence-electron chi connectivity index (χ1n) is 6.38. The Balaban J connectivity index is 2.07. The van der Waals surface area contributed by atoms with Gasteiger partial charge in [-0.3, -0.25) is 4.57 Å². The van der Waals surface area contributed by atoms with Crippen molar-refractivity contribution < 1.29 is 9.13 Å². The molecule has 1 aliphatic heterocycles. The molecule has 3 rings (SSSR count). The Hall–Kier alpha value is -0.980. The first-order chi connectivity index (χ1) is 9.52. The minimum Gasteiger partial charge on any atom is -0.351 e. The summed E-state index contributed by atoms with van der Waals surface area (Å²) in [6.45, 7) is 3.81. The normalized spacial score (nSPS) is 30.2. The summed E-state index contributed by atoms with van der Waals surface area (Å²) in [6, 6.07) is 0. The van der Waals surface area contributed by atoms with Gasteiger partial charge >= 0.3 is 0 Å². The monoisotopic (exact) mass is 318 g/mol. The number of alkyl halides is 1. The molecule has 108 valence electrons. The van der Waals surface area contributed by atoms with Crippen molar-refractivity contribution in [2.75, 3.05) is 0 Å². The molecule has 0 spiro atoms. The standard InChI is InChI=1S/C12H13Cl2FN4O/c1-3-6-5(2)7(15)11(20-6)19-4-16-8-9(13)17-12(14)18-10(8)19/h4-7,11H,3H2,1-2H3/t5-,6-,7+,11-/m1/s1. The van der Waals surface area contributed by atoms with Crippen LogP contribution in [0.2, 0.25) is 10.4 Å². The van der Waals surface area contributed by atoms with E-state index in [1.54, 1.807) is 0 Å². The second-order valence-corrected chi connectivity index (χ2v) is 5.58. The highest BCUT2D eigenvalue weighted by atomic mass is 35.5. The van der Waals surface area contributed by atoms with Gasteiger partial charge in [-0.2, -0.15) is 4.98 Å². The Kier molecular flexibility index (Phi) is 3.56. The number of imidazole rings is 1. The van der Waals surface area contributed by atoms with Crippen LogP contribution in [0.15, 0.2) is 6.33 Å². The summed E-state index contributed by atoms with van der Waals surface area (Å²) in [5, 5.41) is 0.144. The number of hydrogen-bond acceptors (Lipinski definition) is 4. The van der Waals surface area contributed by atoms with Gasteiger partial charge in [-0.05, 0) is 18.0 Å². The Morgan fingerprint density at radius 1 is 1.40 bits per heavy atom. The van der Waals surface area contributed by atoms with Crippen LogP contribution >= 0.6 is 23.2 Å². The highest BCUT2D eigenvalue weighted by molar-refractivity contribution is 6.35. The Morgan fingerprint density at radius 3 is 2.80 bits per heavy atom. The fourth-order valence-electron chi connectivity index (χ4n) is 2.57. The fourth-order valence-corrected chi connectivity index (χ4v) is 2.99. The zero-order valence-corrected chi connectivity index (χ0v) is 12.4. The van der Waals surface area contributed by atoms with Crippen LogP contribution in [-0.4, -0.2) is 31.8 Å². The summed E-state index contributed by atoms with van der Waals surface area (Å²) in [6.07, 6.45) is 0.192. The van der Waals surface area contributed by atoms with Gasteiger partial charge < -0.3 is 4.74 Å². The molecule has 0 bridgehead atoms. The summed E-state index contributed by atoms with van der Waals surface area (Å²) in [5.74, 6) is -0.185. The third kappa shape index (κ3) is 2.06. The predicted molar refractivity (Wildman–Crippen MR) is 73.6 cm³/mol. The molecule has 0 saturated carbocycles. The zero-order valence-electron chi connectivity index (χ0n) is 10.9. The number of halogens is 3. The molecule has 1 saturated heterocycles. The largest absolute Gasteiger partial charge is 0.351 e. The van der Waals surface area contributed by atoms with Gasteiger partial charge in [0.1, 0.15) is 5.52 Å². The van der Waals surface area contributed by atoms with E-state index in [0.717, 1.165) is 6.42 Å².